The molecule has 282 valence electrons. The number of rotatable bonds is 5. The number of nitrogens with zero attached hydrogens (tertiary/aromatic N) is 3. The number of fused-ring (bicyclic) bond motifs is 11. The number of hydrogen-bond acceptors (Lipinski definition) is 4. The van der Waals surface area contributed by atoms with E-state index in [1.165, 1.54) is 59.0 Å². The molecule has 4 heteroatoms. The summed E-state index contributed by atoms with van der Waals surface area (Å²) in [6.07, 6.45) is 4.73. The number of benzene rings is 7. The highest BCUT2D eigenvalue weighted by Gasteiger charge is 2.37. The van der Waals surface area contributed by atoms with Crippen LogP contribution in [0.1, 0.15) is 29.7 Å². The second-order valence-electron chi connectivity index (χ2n) is 15.9. The summed E-state index contributed by atoms with van der Waals surface area (Å²) in [4.78, 5) is 15.7. The topological polar surface area (TPSA) is 38.7 Å². The molecule has 0 saturated heterocycles. The van der Waals surface area contributed by atoms with Gasteiger partial charge in [-0.15, -0.1) is 11.3 Å². The van der Waals surface area contributed by atoms with Crippen LogP contribution in [0.25, 0.3) is 98.4 Å². The lowest BCUT2D eigenvalue weighted by molar-refractivity contribution is 0.664. The first-order chi connectivity index (χ1) is 29.7. The average Bonchev–Trinajstić information content (AvgIpc) is 3.72. The zero-order chi connectivity index (χ0) is 39.7. The summed E-state index contributed by atoms with van der Waals surface area (Å²) in [7, 11) is 0. The Kier molecular flexibility index (Phi) is 8.07. The Morgan fingerprint density at radius 1 is 0.450 bits per heavy atom. The molecule has 10 aromatic rings. The van der Waals surface area contributed by atoms with E-state index in [0.29, 0.717) is 5.82 Å². The van der Waals surface area contributed by atoms with Crippen LogP contribution in [0.4, 0.5) is 0 Å². The van der Waals surface area contributed by atoms with Gasteiger partial charge in [0.1, 0.15) is 0 Å². The number of hydrogen-bond donors (Lipinski definition) is 0. The van der Waals surface area contributed by atoms with E-state index in [1.807, 2.05) is 35.6 Å². The van der Waals surface area contributed by atoms with Crippen LogP contribution >= 0.6 is 11.3 Å². The largest absolute Gasteiger partial charge is 0.247 e. The second-order valence-corrected chi connectivity index (χ2v) is 17.0. The van der Waals surface area contributed by atoms with Gasteiger partial charge in [-0.05, 0) is 80.8 Å². The van der Waals surface area contributed by atoms with E-state index in [0.717, 1.165) is 50.4 Å². The van der Waals surface area contributed by atoms with Crippen molar-refractivity contribution in [3.63, 3.8) is 0 Å². The molecule has 0 spiro atoms. The van der Waals surface area contributed by atoms with E-state index >= 15 is 0 Å². The molecule has 60 heavy (non-hydrogen) atoms. The first-order valence-electron chi connectivity index (χ1n) is 20.6. The van der Waals surface area contributed by atoms with Gasteiger partial charge in [0.2, 0.25) is 0 Å². The van der Waals surface area contributed by atoms with Gasteiger partial charge in [-0.25, -0.2) is 15.0 Å². The highest BCUT2D eigenvalue weighted by atomic mass is 32.1. The average molecular weight is 784 g/mol. The Balaban J connectivity index is 1.00. The van der Waals surface area contributed by atoms with Gasteiger partial charge in [-0.1, -0.05) is 171 Å². The normalized spacial score (nSPS) is 15.6. The van der Waals surface area contributed by atoms with Crippen LogP contribution in [-0.4, -0.2) is 15.0 Å². The summed E-state index contributed by atoms with van der Waals surface area (Å²) in [5, 5.41) is 3.73. The van der Waals surface area contributed by atoms with E-state index in [-0.39, 0.29) is 11.8 Å². The maximum atomic E-state index is 5.58. The zero-order valence-electron chi connectivity index (χ0n) is 32.9. The van der Waals surface area contributed by atoms with E-state index in [9.17, 15) is 0 Å². The number of allylic oxidation sites excluding steroid dienone is 4. The van der Waals surface area contributed by atoms with Gasteiger partial charge < -0.3 is 0 Å². The summed E-state index contributed by atoms with van der Waals surface area (Å²) in [5.41, 5.74) is 17.4. The minimum Gasteiger partial charge on any atom is -0.247 e. The molecule has 2 atom stereocenters. The fourth-order valence-corrected chi connectivity index (χ4v) is 10.9. The van der Waals surface area contributed by atoms with Crippen molar-refractivity contribution in [3.8, 4) is 56.2 Å². The van der Waals surface area contributed by atoms with Crippen LogP contribution in [0, 0.1) is 5.92 Å². The molecule has 0 saturated carbocycles. The smallest absolute Gasteiger partial charge is 0.160 e. The maximum Gasteiger partial charge on any atom is 0.160 e. The molecular formula is C56H37N3S. The van der Waals surface area contributed by atoms with Crippen LogP contribution < -0.4 is 0 Å². The molecule has 7 aromatic carbocycles. The Hall–Kier alpha value is -7.27. The van der Waals surface area contributed by atoms with Gasteiger partial charge >= 0.3 is 0 Å². The van der Waals surface area contributed by atoms with E-state index < -0.39 is 0 Å². The van der Waals surface area contributed by atoms with Crippen molar-refractivity contribution in [1.29, 1.82) is 0 Å². The van der Waals surface area contributed by atoms with Crippen LogP contribution in [0.3, 0.4) is 0 Å². The SMILES string of the molecule is CC1C(c2nc3ccc(-c4cccc(-c5cc(-c6ccccc6)nc(-c6ccccc6)n5)c4)cc3c3c2sc2ccccc23)=CC=C2c3ccccc3-c3ccccc3C21. The van der Waals surface area contributed by atoms with Crippen molar-refractivity contribution in [2.75, 3.05) is 0 Å². The van der Waals surface area contributed by atoms with Crippen LogP contribution in [0.2, 0.25) is 0 Å². The van der Waals surface area contributed by atoms with Gasteiger partial charge in [0, 0.05) is 43.5 Å². The lowest BCUT2D eigenvalue weighted by Gasteiger charge is -2.37. The third kappa shape index (κ3) is 5.60. The highest BCUT2D eigenvalue weighted by Crippen LogP contribution is 2.55. The summed E-state index contributed by atoms with van der Waals surface area (Å²) >= 11 is 1.86. The Bertz CT molecular complexity index is 3340. The Morgan fingerprint density at radius 3 is 1.92 bits per heavy atom. The fourth-order valence-electron chi connectivity index (χ4n) is 9.64. The summed E-state index contributed by atoms with van der Waals surface area (Å²) in [5.74, 6) is 1.19. The van der Waals surface area contributed by atoms with Crippen LogP contribution in [-0.2, 0) is 0 Å². The fraction of sp³-hybridized carbons (Fsp3) is 0.0536. The molecule has 0 bridgehead atoms. The second kappa shape index (κ2) is 13.9. The minimum atomic E-state index is 0.228. The van der Waals surface area contributed by atoms with Gasteiger partial charge in [-0.2, -0.15) is 0 Å². The Labute approximate surface area is 352 Å². The van der Waals surface area contributed by atoms with Gasteiger partial charge in [0.15, 0.2) is 5.82 Å². The van der Waals surface area contributed by atoms with Crippen molar-refractivity contribution in [3.05, 3.63) is 211 Å². The number of pyridine rings is 1. The van der Waals surface area contributed by atoms with Crippen molar-refractivity contribution in [1.82, 2.24) is 15.0 Å². The minimum absolute atomic E-state index is 0.228. The van der Waals surface area contributed by atoms with E-state index in [4.69, 9.17) is 15.0 Å². The zero-order valence-corrected chi connectivity index (χ0v) is 33.7. The van der Waals surface area contributed by atoms with Gasteiger partial charge in [-0.3, -0.25) is 0 Å². The maximum absolute atomic E-state index is 5.58. The summed E-state index contributed by atoms with van der Waals surface area (Å²) in [6.45, 7) is 2.40. The molecule has 0 aliphatic heterocycles. The quantitative estimate of drug-likeness (QED) is 0.174. The molecule has 0 N–H and O–H groups in total. The summed E-state index contributed by atoms with van der Waals surface area (Å²) < 4.78 is 2.52. The van der Waals surface area contributed by atoms with E-state index in [1.54, 1.807) is 0 Å². The third-order valence-corrected chi connectivity index (χ3v) is 13.7. The molecule has 2 aliphatic rings. The van der Waals surface area contributed by atoms with Crippen molar-refractivity contribution < 1.29 is 0 Å². The molecule has 2 aliphatic carbocycles. The van der Waals surface area contributed by atoms with Crippen molar-refractivity contribution >= 4 is 53.6 Å². The predicted octanol–water partition coefficient (Wildman–Crippen LogP) is 14.9. The monoisotopic (exact) mass is 783 g/mol. The first kappa shape index (κ1) is 34.7. The molecule has 3 aromatic heterocycles. The molecule has 2 unspecified atom stereocenters. The number of thiophene rings is 1. The van der Waals surface area contributed by atoms with Gasteiger partial charge in [0.05, 0.1) is 27.3 Å². The van der Waals surface area contributed by atoms with Crippen molar-refractivity contribution in [2.45, 2.75) is 12.8 Å². The summed E-state index contributed by atoms with van der Waals surface area (Å²) in [6, 6.07) is 65.0. The molecule has 12 rings (SSSR count). The Morgan fingerprint density at radius 2 is 1.08 bits per heavy atom. The molecular weight excluding hydrogens is 747 g/mol. The first-order valence-corrected chi connectivity index (χ1v) is 21.4. The van der Waals surface area contributed by atoms with Crippen LogP contribution in [0.5, 0.6) is 0 Å². The molecule has 0 amide bonds. The standard InChI is InChI=1S/C56H37N3S/c1-34-40(28-29-45-43-23-9-8-21-41(43)42-22-10-11-24-44(42)52(34)45)54-55-53(46-25-12-13-26-51(46)60-55)47-32-38(27-30-48(47)57-54)37-19-14-20-39(31-37)50-33-49(35-15-4-2-5-16-35)58-56(59-50)36-17-6-3-7-18-36/h2-34,52H,1H3. The lowest BCUT2D eigenvalue weighted by atomic mass is 9.66. The molecule has 3 heterocycles. The predicted molar refractivity (Wildman–Crippen MR) is 252 cm³/mol. The third-order valence-electron chi connectivity index (χ3n) is 12.5. The number of aromatic nitrogens is 3. The van der Waals surface area contributed by atoms with Gasteiger partial charge in [0.25, 0.3) is 0 Å². The van der Waals surface area contributed by atoms with E-state index in [2.05, 4.69) is 177 Å². The van der Waals surface area contributed by atoms with Crippen molar-refractivity contribution in [2.24, 2.45) is 5.92 Å². The highest BCUT2D eigenvalue weighted by molar-refractivity contribution is 7.26. The van der Waals surface area contributed by atoms with Crippen LogP contribution in [0.15, 0.2) is 194 Å². The molecule has 3 nitrogen and oxygen atoms in total. The molecule has 0 radical (unpaired) electrons. The lowest BCUT2D eigenvalue weighted by Crippen LogP contribution is -2.21. The molecule has 0 fully saturated rings.